The van der Waals surface area contributed by atoms with Crippen molar-refractivity contribution in [1.82, 2.24) is 5.32 Å². The minimum absolute atomic E-state index is 0.000610. The first kappa shape index (κ1) is 19.6. The lowest BCUT2D eigenvalue weighted by atomic mass is 9.52. The molecule has 0 aromatic heterocycles. The van der Waals surface area contributed by atoms with Gasteiger partial charge in [0.05, 0.1) is 13.2 Å². The first-order valence-corrected chi connectivity index (χ1v) is 11.2. The van der Waals surface area contributed by atoms with Crippen LogP contribution in [0.2, 0.25) is 0 Å². The normalized spacial score (nSPS) is 45.5. The molecule has 0 bridgehead atoms. The third-order valence-corrected chi connectivity index (χ3v) is 9.00. The van der Waals surface area contributed by atoms with Gasteiger partial charge in [-0.1, -0.05) is 19.4 Å². The molecule has 1 N–H and O–H groups in total. The molecule has 4 fully saturated rings. The second-order valence-electron chi connectivity index (χ2n) is 10.3. The highest BCUT2D eigenvalue weighted by Gasteiger charge is 2.67. The third-order valence-electron chi connectivity index (χ3n) is 9.00. The highest BCUT2D eigenvalue weighted by molar-refractivity contribution is 5.89. The molecule has 160 valence electrons. The largest absolute Gasteiger partial charge is 0.462 e. The summed E-state index contributed by atoms with van der Waals surface area (Å²) in [5.74, 6) is 0.0494. The molecule has 0 radical (unpaired) electrons. The summed E-state index contributed by atoms with van der Waals surface area (Å²) in [5.41, 5.74) is 1.06. The van der Waals surface area contributed by atoms with Gasteiger partial charge in [0, 0.05) is 37.3 Å². The van der Waals surface area contributed by atoms with Gasteiger partial charge in [0.2, 0.25) is 5.91 Å². The smallest absolute Gasteiger partial charge is 0.302 e. The molecule has 0 aromatic rings. The molecular formula is C23H33NO5. The Labute approximate surface area is 172 Å². The third kappa shape index (κ3) is 2.74. The van der Waals surface area contributed by atoms with E-state index >= 15 is 0 Å². The number of esters is 1. The van der Waals surface area contributed by atoms with Crippen LogP contribution in [0.1, 0.15) is 65.7 Å². The maximum atomic E-state index is 12.9. The minimum atomic E-state index is -0.468. The average Bonchev–Trinajstić information content (AvgIpc) is 3.22. The van der Waals surface area contributed by atoms with Crippen LogP contribution in [0.5, 0.6) is 0 Å². The van der Waals surface area contributed by atoms with Crippen molar-refractivity contribution in [2.45, 2.75) is 83.6 Å². The van der Waals surface area contributed by atoms with Gasteiger partial charge >= 0.3 is 5.97 Å². The Bertz CT molecular complexity index is 756. The number of hydrogen-bond donors (Lipinski definition) is 1. The van der Waals surface area contributed by atoms with Crippen molar-refractivity contribution < 1.29 is 23.8 Å². The van der Waals surface area contributed by atoms with Crippen LogP contribution >= 0.6 is 0 Å². The monoisotopic (exact) mass is 403 g/mol. The summed E-state index contributed by atoms with van der Waals surface area (Å²) in [4.78, 5) is 24.4. The predicted molar refractivity (Wildman–Crippen MR) is 106 cm³/mol. The molecule has 3 saturated carbocycles. The van der Waals surface area contributed by atoms with Gasteiger partial charge in [-0.25, -0.2) is 0 Å². The molecule has 0 aromatic carbocycles. The van der Waals surface area contributed by atoms with E-state index in [2.05, 4.69) is 19.2 Å². The lowest BCUT2D eigenvalue weighted by molar-refractivity contribution is -0.237. The van der Waals surface area contributed by atoms with E-state index in [1.165, 1.54) is 6.92 Å². The van der Waals surface area contributed by atoms with Gasteiger partial charge in [-0.05, 0) is 49.4 Å². The summed E-state index contributed by atoms with van der Waals surface area (Å²) < 4.78 is 17.9. The Balaban J connectivity index is 1.46. The van der Waals surface area contributed by atoms with E-state index < -0.39 is 5.79 Å². The van der Waals surface area contributed by atoms with Crippen LogP contribution in [-0.2, 0) is 23.8 Å². The zero-order valence-electron chi connectivity index (χ0n) is 17.8. The van der Waals surface area contributed by atoms with Gasteiger partial charge in [-0.3, -0.25) is 9.59 Å². The van der Waals surface area contributed by atoms with E-state index in [9.17, 15) is 9.59 Å². The van der Waals surface area contributed by atoms with Crippen molar-refractivity contribution in [2.75, 3.05) is 13.2 Å². The van der Waals surface area contributed by atoms with Gasteiger partial charge in [0.25, 0.3) is 0 Å². The molecule has 3 aliphatic carbocycles. The Kier molecular flexibility index (Phi) is 4.42. The molecule has 0 unspecified atom stereocenters. The summed E-state index contributed by atoms with van der Waals surface area (Å²) >= 11 is 0. The molecule has 2 heterocycles. The quantitative estimate of drug-likeness (QED) is 0.681. The molecule has 1 spiro atoms. The Morgan fingerprint density at radius 2 is 1.83 bits per heavy atom. The number of hydrogen-bond acceptors (Lipinski definition) is 5. The van der Waals surface area contributed by atoms with Crippen molar-refractivity contribution in [1.29, 1.82) is 0 Å². The molecular weight excluding hydrogens is 370 g/mol. The van der Waals surface area contributed by atoms with E-state index in [-0.39, 0.29) is 34.9 Å². The molecule has 5 rings (SSSR count). The molecule has 29 heavy (non-hydrogen) atoms. The number of nitrogens with one attached hydrogen (secondary N) is 1. The maximum Gasteiger partial charge on any atom is 0.302 e. The standard InChI is InChI=1S/C23H33NO5/c1-14(25)29-16-4-7-21(2)15(12-16)13-19(26)24-20-17(21)5-8-22(3)18(20)6-9-23(22)27-10-11-28-23/h13,16-18,20H,4-12H2,1-3H3,(H,24,26)/t16-,17-,18-,20+,21-,22-/m0/s1. The molecule has 6 atom stereocenters. The lowest BCUT2D eigenvalue weighted by Crippen LogP contribution is -2.59. The SMILES string of the molecule is CC(=O)O[C@H]1CC[C@@]2(C)C(=CC(=O)N[C@@H]3[C@@H]2CC[C@@]2(C)[C@H]3CCC23OCCO3)C1. The second-order valence-corrected chi connectivity index (χ2v) is 10.3. The molecule has 6 nitrogen and oxygen atoms in total. The zero-order chi connectivity index (χ0) is 20.4. The van der Waals surface area contributed by atoms with Gasteiger partial charge in [-0.15, -0.1) is 0 Å². The number of carbonyl (C=O) groups is 2. The van der Waals surface area contributed by atoms with E-state index in [1.54, 1.807) is 6.08 Å². The Morgan fingerprint density at radius 3 is 2.55 bits per heavy atom. The summed E-state index contributed by atoms with van der Waals surface area (Å²) in [7, 11) is 0. The van der Waals surface area contributed by atoms with E-state index in [4.69, 9.17) is 14.2 Å². The first-order chi connectivity index (χ1) is 13.8. The van der Waals surface area contributed by atoms with E-state index in [0.717, 1.165) is 44.1 Å². The predicted octanol–water partition coefficient (Wildman–Crippen LogP) is 3.10. The van der Waals surface area contributed by atoms with Gasteiger partial charge < -0.3 is 19.5 Å². The summed E-state index contributed by atoms with van der Waals surface area (Å²) in [6.07, 6.45) is 8.24. The average molecular weight is 404 g/mol. The molecule has 1 amide bonds. The van der Waals surface area contributed by atoms with Crippen LogP contribution in [0.25, 0.3) is 0 Å². The van der Waals surface area contributed by atoms with Crippen LogP contribution in [0.4, 0.5) is 0 Å². The van der Waals surface area contributed by atoms with E-state index in [1.807, 2.05) is 0 Å². The van der Waals surface area contributed by atoms with Crippen LogP contribution in [0.3, 0.4) is 0 Å². The maximum absolute atomic E-state index is 12.9. The number of amides is 1. The van der Waals surface area contributed by atoms with Crippen molar-refractivity contribution in [3.63, 3.8) is 0 Å². The summed E-state index contributed by atoms with van der Waals surface area (Å²) in [6, 6.07) is 0.137. The fourth-order valence-electron chi connectivity index (χ4n) is 7.49. The van der Waals surface area contributed by atoms with Crippen molar-refractivity contribution in [2.24, 2.45) is 22.7 Å². The Morgan fingerprint density at radius 1 is 1.10 bits per heavy atom. The van der Waals surface area contributed by atoms with Crippen molar-refractivity contribution in [3.05, 3.63) is 11.6 Å². The molecule has 6 heteroatoms. The minimum Gasteiger partial charge on any atom is -0.462 e. The molecule has 2 aliphatic heterocycles. The van der Waals surface area contributed by atoms with Crippen LogP contribution in [0.15, 0.2) is 11.6 Å². The fourth-order valence-corrected chi connectivity index (χ4v) is 7.49. The van der Waals surface area contributed by atoms with Crippen LogP contribution in [0, 0.1) is 22.7 Å². The second kappa shape index (κ2) is 6.55. The number of ether oxygens (including phenoxy) is 3. The lowest BCUT2D eigenvalue weighted by Gasteiger charge is -2.55. The van der Waals surface area contributed by atoms with Gasteiger partial charge in [0.1, 0.15) is 6.10 Å². The van der Waals surface area contributed by atoms with Crippen LogP contribution in [-0.4, -0.2) is 43.0 Å². The highest BCUT2D eigenvalue weighted by Crippen LogP contribution is 2.65. The topological polar surface area (TPSA) is 73.9 Å². The van der Waals surface area contributed by atoms with Gasteiger partial charge in [-0.2, -0.15) is 0 Å². The first-order valence-electron chi connectivity index (χ1n) is 11.2. The molecule has 5 aliphatic rings. The van der Waals surface area contributed by atoms with Crippen LogP contribution < -0.4 is 5.32 Å². The fraction of sp³-hybridized carbons (Fsp3) is 0.826. The zero-order valence-corrected chi connectivity index (χ0v) is 17.8. The number of carbonyl (C=O) groups excluding carboxylic acids is 2. The number of rotatable bonds is 1. The molecule has 1 saturated heterocycles. The van der Waals surface area contributed by atoms with Crippen molar-refractivity contribution >= 4 is 11.9 Å². The highest BCUT2D eigenvalue weighted by atomic mass is 16.7. The summed E-state index contributed by atoms with van der Waals surface area (Å²) in [5, 5.41) is 3.39. The van der Waals surface area contributed by atoms with E-state index in [0.29, 0.717) is 31.5 Å². The summed E-state index contributed by atoms with van der Waals surface area (Å²) in [6.45, 7) is 7.45. The number of fused-ring (bicyclic) bond motifs is 6. The van der Waals surface area contributed by atoms with Gasteiger partial charge in [0.15, 0.2) is 5.79 Å². The van der Waals surface area contributed by atoms with Crippen molar-refractivity contribution in [3.8, 4) is 0 Å². The Hall–Kier alpha value is -1.40.